The molecule has 0 spiro atoms. The molecule has 8 heteroatoms. The van der Waals surface area contributed by atoms with Gasteiger partial charge in [-0.15, -0.1) is 22.9 Å². The van der Waals surface area contributed by atoms with Crippen LogP contribution in [0.4, 0.5) is 0 Å². The second-order valence-corrected chi connectivity index (χ2v) is 9.01. The highest BCUT2D eigenvalue weighted by atomic mass is 79.9. The van der Waals surface area contributed by atoms with Gasteiger partial charge in [0, 0.05) is 24.6 Å². The van der Waals surface area contributed by atoms with E-state index in [4.69, 9.17) is 16.3 Å². The number of halogens is 2. The maximum atomic E-state index is 12.6. The molecule has 1 unspecified atom stereocenters. The van der Waals surface area contributed by atoms with Crippen LogP contribution in [0.3, 0.4) is 0 Å². The molecule has 0 amide bonds. The number of hydrogen-bond donors (Lipinski definition) is 0. The van der Waals surface area contributed by atoms with Crippen molar-refractivity contribution in [1.82, 2.24) is 4.31 Å². The average Bonchev–Trinajstić information content (AvgIpc) is 2.60. The zero-order chi connectivity index (χ0) is 14.0. The molecule has 0 aromatic carbocycles. The smallest absolute Gasteiger partial charge is 0.245 e. The number of ether oxygens (including phenoxy) is 1. The van der Waals surface area contributed by atoms with Gasteiger partial charge in [-0.3, -0.25) is 0 Å². The number of nitrogens with zero attached hydrogens (tertiary/aromatic N) is 1. The van der Waals surface area contributed by atoms with Gasteiger partial charge in [-0.2, -0.15) is 4.31 Å². The summed E-state index contributed by atoms with van der Waals surface area (Å²) in [7, 11) is -3.48. The van der Waals surface area contributed by atoms with Crippen molar-refractivity contribution in [2.24, 2.45) is 0 Å². The summed E-state index contributed by atoms with van der Waals surface area (Å²) < 4.78 is 32.9. The molecule has 1 atom stereocenters. The quantitative estimate of drug-likeness (QED) is 0.748. The molecule has 0 bridgehead atoms. The molecule has 0 N–H and O–H groups in total. The van der Waals surface area contributed by atoms with Gasteiger partial charge >= 0.3 is 0 Å². The minimum atomic E-state index is -3.48. The number of rotatable bonds is 3. The third-order valence-electron chi connectivity index (χ3n) is 2.87. The Morgan fingerprint density at radius 3 is 3.00 bits per heavy atom. The van der Waals surface area contributed by atoms with Gasteiger partial charge in [0.25, 0.3) is 0 Å². The predicted octanol–water partition coefficient (Wildman–Crippen LogP) is 3.05. The van der Waals surface area contributed by atoms with Gasteiger partial charge in [-0.05, 0) is 35.3 Å². The molecule has 1 aromatic rings. The molecule has 2 heterocycles. The monoisotopic (exact) mass is 387 g/mol. The van der Waals surface area contributed by atoms with E-state index in [0.717, 1.165) is 4.88 Å². The standard InChI is InChI=1S/C11H15BrClNO3S2/c1-8-7-14(3-2-4-17-8)19(15,16)10-5-9(6-13)18-11(10)12/h5,8H,2-4,6-7H2,1H3. The van der Waals surface area contributed by atoms with E-state index >= 15 is 0 Å². The van der Waals surface area contributed by atoms with Gasteiger partial charge in [-0.1, -0.05) is 0 Å². The maximum Gasteiger partial charge on any atom is 0.245 e. The SMILES string of the molecule is CC1CN(S(=O)(=O)c2cc(CCl)sc2Br)CCCO1. The summed E-state index contributed by atoms with van der Waals surface area (Å²) in [6.07, 6.45) is 0.635. The topological polar surface area (TPSA) is 46.6 Å². The zero-order valence-corrected chi connectivity index (χ0v) is 14.4. The fraction of sp³-hybridized carbons (Fsp3) is 0.636. The van der Waals surface area contributed by atoms with Crippen molar-refractivity contribution in [3.05, 3.63) is 14.7 Å². The fourth-order valence-corrected chi connectivity index (χ4v) is 6.23. The van der Waals surface area contributed by atoms with Crippen molar-refractivity contribution in [3.63, 3.8) is 0 Å². The van der Waals surface area contributed by atoms with E-state index < -0.39 is 10.0 Å². The normalized spacial score (nSPS) is 22.4. The molecule has 2 rings (SSSR count). The molecule has 1 aliphatic heterocycles. The molecule has 0 saturated carbocycles. The van der Waals surface area contributed by atoms with Crippen molar-refractivity contribution in [2.75, 3.05) is 19.7 Å². The number of thiophene rings is 1. The summed E-state index contributed by atoms with van der Waals surface area (Å²) in [5, 5.41) is 0. The first kappa shape index (κ1) is 15.7. The van der Waals surface area contributed by atoms with Crippen LogP contribution in [0.25, 0.3) is 0 Å². The van der Waals surface area contributed by atoms with E-state index in [1.165, 1.54) is 15.6 Å². The third kappa shape index (κ3) is 3.51. The Hall–Kier alpha value is 0.340. The van der Waals surface area contributed by atoms with Crippen LogP contribution in [0, 0.1) is 0 Å². The Balaban J connectivity index is 2.32. The predicted molar refractivity (Wildman–Crippen MR) is 80.4 cm³/mol. The Labute approximate surface area is 130 Å². The van der Waals surface area contributed by atoms with Gasteiger partial charge < -0.3 is 4.74 Å². The van der Waals surface area contributed by atoms with Crippen LogP contribution in [-0.2, 0) is 20.6 Å². The average molecular weight is 389 g/mol. The number of alkyl halides is 1. The van der Waals surface area contributed by atoms with Gasteiger partial charge in [0.15, 0.2) is 0 Å². The van der Waals surface area contributed by atoms with Crippen LogP contribution in [0.1, 0.15) is 18.2 Å². The van der Waals surface area contributed by atoms with Gasteiger partial charge in [-0.25, -0.2) is 8.42 Å². The summed E-state index contributed by atoms with van der Waals surface area (Å²) in [6.45, 7) is 3.37. The van der Waals surface area contributed by atoms with Crippen molar-refractivity contribution in [1.29, 1.82) is 0 Å². The number of sulfonamides is 1. The maximum absolute atomic E-state index is 12.6. The third-order valence-corrected chi connectivity index (χ3v) is 7.43. The van der Waals surface area contributed by atoms with Crippen molar-refractivity contribution >= 4 is 48.9 Å². The lowest BCUT2D eigenvalue weighted by Gasteiger charge is -2.21. The summed E-state index contributed by atoms with van der Waals surface area (Å²) in [6, 6.07) is 1.65. The van der Waals surface area contributed by atoms with Crippen LogP contribution in [0.2, 0.25) is 0 Å². The number of hydrogen-bond acceptors (Lipinski definition) is 4. The minimum Gasteiger partial charge on any atom is -0.377 e. The largest absolute Gasteiger partial charge is 0.377 e. The highest BCUT2D eigenvalue weighted by Gasteiger charge is 2.30. The van der Waals surface area contributed by atoms with Gasteiger partial charge in [0.05, 0.1) is 15.8 Å². The first-order valence-electron chi connectivity index (χ1n) is 5.91. The van der Waals surface area contributed by atoms with Crippen LogP contribution in [0.5, 0.6) is 0 Å². The Morgan fingerprint density at radius 2 is 2.37 bits per heavy atom. The van der Waals surface area contributed by atoms with E-state index in [1.807, 2.05) is 6.92 Å². The lowest BCUT2D eigenvalue weighted by atomic mass is 10.4. The van der Waals surface area contributed by atoms with E-state index in [2.05, 4.69) is 15.9 Å². The highest BCUT2D eigenvalue weighted by Crippen LogP contribution is 2.34. The Morgan fingerprint density at radius 1 is 1.63 bits per heavy atom. The van der Waals surface area contributed by atoms with Crippen LogP contribution in [-0.4, -0.2) is 38.5 Å². The molecule has 0 aliphatic carbocycles. The molecule has 0 radical (unpaired) electrons. The molecule has 1 aromatic heterocycles. The molecule has 19 heavy (non-hydrogen) atoms. The first-order valence-corrected chi connectivity index (χ1v) is 9.49. The summed E-state index contributed by atoms with van der Waals surface area (Å²) in [5.41, 5.74) is 0. The summed E-state index contributed by atoms with van der Waals surface area (Å²) >= 11 is 10.4. The zero-order valence-electron chi connectivity index (χ0n) is 10.4. The minimum absolute atomic E-state index is 0.0813. The van der Waals surface area contributed by atoms with Crippen molar-refractivity contribution in [2.45, 2.75) is 30.2 Å². The molecule has 4 nitrogen and oxygen atoms in total. The second kappa shape index (κ2) is 6.41. The van der Waals surface area contributed by atoms with Crippen LogP contribution >= 0.6 is 38.9 Å². The van der Waals surface area contributed by atoms with Crippen molar-refractivity contribution < 1.29 is 13.2 Å². The van der Waals surface area contributed by atoms with Crippen LogP contribution < -0.4 is 0 Å². The highest BCUT2D eigenvalue weighted by molar-refractivity contribution is 9.11. The second-order valence-electron chi connectivity index (χ2n) is 4.38. The Bertz CT molecular complexity index is 546. The van der Waals surface area contributed by atoms with Gasteiger partial charge in [0.1, 0.15) is 4.90 Å². The lowest BCUT2D eigenvalue weighted by molar-refractivity contribution is 0.0752. The molecule has 108 valence electrons. The van der Waals surface area contributed by atoms with E-state index in [9.17, 15) is 8.42 Å². The Kier molecular flexibility index (Phi) is 5.30. The summed E-state index contributed by atoms with van der Waals surface area (Å²) in [5.74, 6) is 0.318. The molecular weight excluding hydrogens is 374 g/mol. The van der Waals surface area contributed by atoms with Crippen molar-refractivity contribution in [3.8, 4) is 0 Å². The molecule has 1 fully saturated rings. The molecular formula is C11H15BrClNO3S2. The van der Waals surface area contributed by atoms with Gasteiger partial charge in [0.2, 0.25) is 10.0 Å². The molecule has 1 saturated heterocycles. The van der Waals surface area contributed by atoms with E-state index in [0.29, 0.717) is 40.7 Å². The van der Waals surface area contributed by atoms with E-state index in [-0.39, 0.29) is 6.10 Å². The molecule has 1 aliphatic rings. The lowest BCUT2D eigenvalue weighted by Crippen LogP contribution is -2.35. The first-order chi connectivity index (χ1) is 8.95. The van der Waals surface area contributed by atoms with Crippen LogP contribution in [0.15, 0.2) is 14.7 Å². The summed E-state index contributed by atoms with van der Waals surface area (Å²) in [4.78, 5) is 1.15. The fourth-order valence-electron chi connectivity index (χ4n) is 1.95. The van der Waals surface area contributed by atoms with E-state index in [1.54, 1.807) is 6.07 Å².